The van der Waals surface area contributed by atoms with Gasteiger partial charge in [-0.2, -0.15) is 0 Å². The number of hydrogen-bond acceptors (Lipinski definition) is 0. The molecular formula is C19H31I. The summed E-state index contributed by atoms with van der Waals surface area (Å²) in [5, 5.41) is 0. The number of hydrogen-bond donors (Lipinski definition) is 0. The largest absolute Gasteiger partial charge is 0.0812 e. The van der Waals surface area contributed by atoms with Gasteiger partial charge < -0.3 is 0 Å². The molecule has 0 unspecified atom stereocenters. The minimum atomic E-state index is 1.14. The van der Waals surface area contributed by atoms with E-state index >= 15 is 0 Å². The normalized spacial score (nSPS) is 10.9. The first-order valence-electron chi connectivity index (χ1n) is 8.51. The van der Waals surface area contributed by atoms with E-state index in [1.165, 1.54) is 76.2 Å². The second-order valence-electron chi connectivity index (χ2n) is 5.83. The SMILES string of the molecule is CCCCCCCCCCCCc1ccccc1CI. The molecule has 0 saturated heterocycles. The fourth-order valence-electron chi connectivity index (χ4n) is 2.73. The van der Waals surface area contributed by atoms with E-state index in [4.69, 9.17) is 0 Å². The molecule has 0 fully saturated rings. The Labute approximate surface area is 139 Å². The van der Waals surface area contributed by atoms with Crippen LogP contribution in [0.1, 0.15) is 82.3 Å². The maximum absolute atomic E-state index is 2.47. The van der Waals surface area contributed by atoms with Crippen LogP contribution in [-0.2, 0) is 10.8 Å². The fourth-order valence-corrected chi connectivity index (χ4v) is 3.48. The molecule has 0 aliphatic heterocycles. The van der Waals surface area contributed by atoms with Gasteiger partial charge in [-0.15, -0.1) is 0 Å². The summed E-state index contributed by atoms with van der Waals surface area (Å²) < 4.78 is 1.14. The molecule has 0 aliphatic rings. The van der Waals surface area contributed by atoms with Gasteiger partial charge in [0.25, 0.3) is 0 Å². The molecule has 1 aromatic rings. The van der Waals surface area contributed by atoms with Gasteiger partial charge in [0.1, 0.15) is 0 Å². The van der Waals surface area contributed by atoms with Crippen LogP contribution < -0.4 is 0 Å². The molecule has 0 bridgehead atoms. The first-order chi connectivity index (χ1) is 9.88. The Morgan fingerprint density at radius 2 is 1.20 bits per heavy atom. The van der Waals surface area contributed by atoms with Gasteiger partial charge in [0.2, 0.25) is 0 Å². The molecular weight excluding hydrogens is 355 g/mol. The lowest BCUT2D eigenvalue weighted by Crippen LogP contribution is -1.91. The lowest BCUT2D eigenvalue weighted by atomic mass is 10.0. The molecule has 0 saturated carbocycles. The van der Waals surface area contributed by atoms with Crippen molar-refractivity contribution in [2.24, 2.45) is 0 Å². The monoisotopic (exact) mass is 386 g/mol. The Kier molecular flexibility index (Phi) is 11.4. The Hall–Kier alpha value is -0.0500. The average Bonchev–Trinajstić information content (AvgIpc) is 2.49. The summed E-state index contributed by atoms with van der Waals surface area (Å²) in [7, 11) is 0. The number of benzene rings is 1. The van der Waals surface area contributed by atoms with Crippen LogP contribution in [0.3, 0.4) is 0 Å². The second kappa shape index (κ2) is 12.7. The fraction of sp³-hybridized carbons (Fsp3) is 0.684. The lowest BCUT2D eigenvalue weighted by molar-refractivity contribution is 0.556. The van der Waals surface area contributed by atoms with E-state index in [2.05, 4.69) is 53.8 Å². The molecule has 0 radical (unpaired) electrons. The smallest absolute Gasteiger partial charge is 0.0249 e. The molecule has 0 aromatic heterocycles. The van der Waals surface area contributed by atoms with Crippen LogP contribution in [0.4, 0.5) is 0 Å². The summed E-state index contributed by atoms with van der Waals surface area (Å²) in [5.74, 6) is 0. The van der Waals surface area contributed by atoms with E-state index in [1.807, 2.05) is 0 Å². The van der Waals surface area contributed by atoms with E-state index in [0.717, 1.165) is 4.43 Å². The summed E-state index contributed by atoms with van der Waals surface area (Å²) in [4.78, 5) is 0. The zero-order valence-corrected chi connectivity index (χ0v) is 15.3. The van der Waals surface area contributed by atoms with Crippen molar-refractivity contribution in [1.82, 2.24) is 0 Å². The van der Waals surface area contributed by atoms with Gasteiger partial charge in [0.15, 0.2) is 0 Å². The molecule has 0 atom stereocenters. The topological polar surface area (TPSA) is 0 Å². The summed E-state index contributed by atoms with van der Waals surface area (Å²) in [5.41, 5.74) is 3.10. The van der Waals surface area contributed by atoms with Crippen molar-refractivity contribution in [2.75, 3.05) is 0 Å². The maximum Gasteiger partial charge on any atom is 0.0249 e. The van der Waals surface area contributed by atoms with Crippen molar-refractivity contribution < 1.29 is 0 Å². The summed E-state index contributed by atoms with van der Waals surface area (Å²) in [6.07, 6.45) is 15.5. The summed E-state index contributed by atoms with van der Waals surface area (Å²) in [6.45, 7) is 2.29. The highest BCUT2D eigenvalue weighted by molar-refractivity contribution is 14.1. The zero-order valence-electron chi connectivity index (χ0n) is 13.2. The molecule has 0 aliphatic carbocycles. The van der Waals surface area contributed by atoms with E-state index in [-0.39, 0.29) is 0 Å². The highest BCUT2D eigenvalue weighted by Gasteiger charge is 2.00. The first-order valence-corrected chi connectivity index (χ1v) is 10.0. The maximum atomic E-state index is 2.47. The highest BCUT2D eigenvalue weighted by atomic mass is 127. The molecule has 0 heterocycles. The lowest BCUT2D eigenvalue weighted by Gasteiger charge is -2.07. The Morgan fingerprint density at radius 1 is 0.700 bits per heavy atom. The van der Waals surface area contributed by atoms with Crippen LogP contribution in [0.15, 0.2) is 24.3 Å². The minimum Gasteiger partial charge on any atom is -0.0812 e. The van der Waals surface area contributed by atoms with E-state index in [9.17, 15) is 0 Å². The number of rotatable bonds is 12. The van der Waals surface area contributed by atoms with Gasteiger partial charge in [-0.1, -0.05) is 112 Å². The predicted molar refractivity (Wildman–Crippen MR) is 99.7 cm³/mol. The van der Waals surface area contributed by atoms with Gasteiger partial charge in [0, 0.05) is 4.43 Å². The van der Waals surface area contributed by atoms with Crippen molar-refractivity contribution in [3.63, 3.8) is 0 Å². The van der Waals surface area contributed by atoms with E-state index in [1.54, 1.807) is 5.56 Å². The Balaban J connectivity index is 1.97. The summed E-state index contributed by atoms with van der Waals surface area (Å²) in [6, 6.07) is 8.93. The van der Waals surface area contributed by atoms with Crippen molar-refractivity contribution in [1.29, 1.82) is 0 Å². The molecule has 0 nitrogen and oxygen atoms in total. The van der Waals surface area contributed by atoms with Crippen LogP contribution in [0.25, 0.3) is 0 Å². The Bertz CT molecular complexity index is 332. The third-order valence-corrected chi connectivity index (χ3v) is 4.88. The zero-order chi connectivity index (χ0) is 14.5. The standard InChI is InChI=1S/C19H31I/c1-2-3-4-5-6-7-8-9-10-11-14-18-15-12-13-16-19(18)17-20/h12-13,15-16H,2-11,14,17H2,1H3. The molecule has 20 heavy (non-hydrogen) atoms. The van der Waals surface area contributed by atoms with Crippen molar-refractivity contribution in [3.8, 4) is 0 Å². The third-order valence-electron chi connectivity index (χ3n) is 4.06. The van der Waals surface area contributed by atoms with Gasteiger partial charge in [-0.05, 0) is 24.0 Å². The molecule has 0 N–H and O–H groups in total. The van der Waals surface area contributed by atoms with Crippen LogP contribution in [0, 0.1) is 0 Å². The molecule has 1 rings (SSSR count). The van der Waals surface area contributed by atoms with E-state index in [0.29, 0.717) is 0 Å². The van der Waals surface area contributed by atoms with Crippen LogP contribution in [0.5, 0.6) is 0 Å². The third kappa shape index (κ3) is 8.28. The second-order valence-corrected chi connectivity index (χ2v) is 6.60. The van der Waals surface area contributed by atoms with Crippen molar-refractivity contribution in [3.05, 3.63) is 35.4 Å². The molecule has 1 heteroatoms. The number of aryl methyl sites for hydroxylation is 1. The van der Waals surface area contributed by atoms with Crippen molar-refractivity contribution in [2.45, 2.75) is 82.0 Å². The van der Waals surface area contributed by atoms with Crippen molar-refractivity contribution >= 4 is 22.6 Å². The first kappa shape index (κ1) is 18.0. The number of alkyl halides is 1. The number of halogens is 1. The van der Waals surface area contributed by atoms with Gasteiger partial charge in [-0.25, -0.2) is 0 Å². The van der Waals surface area contributed by atoms with Crippen LogP contribution in [-0.4, -0.2) is 0 Å². The predicted octanol–water partition coefficient (Wildman–Crippen LogP) is 7.09. The number of unbranched alkanes of at least 4 members (excludes halogenated alkanes) is 9. The van der Waals surface area contributed by atoms with Crippen LogP contribution >= 0.6 is 22.6 Å². The highest BCUT2D eigenvalue weighted by Crippen LogP contribution is 2.17. The molecule has 1 aromatic carbocycles. The summed E-state index contributed by atoms with van der Waals surface area (Å²) >= 11 is 2.47. The molecule has 114 valence electrons. The van der Waals surface area contributed by atoms with Gasteiger partial charge >= 0.3 is 0 Å². The van der Waals surface area contributed by atoms with E-state index < -0.39 is 0 Å². The quantitative estimate of drug-likeness (QED) is 0.204. The Morgan fingerprint density at radius 3 is 1.75 bits per heavy atom. The molecule has 0 amide bonds. The van der Waals surface area contributed by atoms with Gasteiger partial charge in [0.05, 0.1) is 0 Å². The van der Waals surface area contributed by atoms with Crippen LogP contribution in [0.2, 0.25) is 0 Å². The minimum absolute atomic E-state index is 1.14. The average molecular weight is 386 g/mol. The molecule has 0 spiro atoms. The van der Waals surface area contributed by atoms with Gasteiger partial charge in [-0.3, -0.25) is 0 Å².